The highest BCUT2D eigenvalue weighted by Gasteiger charge is 2.35. The number of methoxy groups -OCH3 is 1. The summed E-state index contributed by atoms with van der Waals surface area (Å²) in [7, 11) is 1.54. The molecule has 1 saturated carbocycles. The van der Waals surface area contributed by atoms with E-state index in [4.69, 9.17) is 4.74 Å². The molecule has 0 aliphatic heterocycles. The third-order valence-corrected chi connectivity index (χ3v) is 1.83. The largest absolute Gasteiger partial charge is 0.375 e. The summed E-state index contributed by atoms with van der Waals surface area (Å²) in [6.45, 7) is 0. The zero-order chi connectivity index (χ0) is 7.61. The second kappa shape index (κ2) is 2.82. The summed E-state index contributed by atoms with van der Waals surface area (Å²) in [5.41, 5.74) is 0. The van der Waals surface area contributed by atoms with Gasteiger partial charge in [0.1, 0.15) is 0 Å². The van der Waals surface area contributed by atoms with Crippen molar-refractivity contribution in [3.8, 4) is 0 Å². The highest BCUT2D eigenvalue weighted by molar-refractivity contribution is 4.88. The van der Waals surface area contributed by atoms with E-state index in [1.54, 1.807) is 7.11 Å². The van der Waals surface area contributed by atoms with Gasteiger partial charge in [-0.15, -0.1) is 0 Å². The average Bonchev–Trinajstić information content (AvgIpc) is 1.88. The molecule has 3 heteroatoms. The minimum absolute atomic E-state index is 0.0455. The quantitative estimate of drug-likeness (QED) is 0.556. The van der Waals surface area contributed by atoms with Crippen LogP contribution in [0.3, 0.4) is 0 Å². The van der Waals surface area contributed by atoms with Crippen LogP contribution < -0.4 is 0 Å². The number of hydrogen-bond donors (Lipinski definition) is 0. The first-order valence-corrected chi connectivity index (χ1v) is 3.40. The van der Waals surface area contributed by atoms with Crippen LogP contribution in [-0.2, 0) is 4.74 Å². The summed E-state index contributed by atoms with van der Waals surface area (Å²) in [6, 6.07) is 0. The van der Waals surface area contributed by atoms with Crippen molar-refractivity contribution >= 4 is 0 Å². The maximum atomic E-state index is 12.4. The van der Waals surface area contributed by atoms with Gasteiger partial charge in [0.05, 0.1) is 6.10 Å². The van der Waals surface area contributed by atoms with Crippen LogP contribution in [-0.4, -0.2) is 13.0 Å². The molecule has 0 N–H and O–H groups in total. The number of hydrogen-bond acceptors (Lipinski definition) is 1. The third-order valence-electron chi connectivity index (χ3n) is 1.83. The first kappa shape index (κ1) is 7.92. The first-order chi connectivity index (χ1) is 4.64. The molecule has 1 fully saturated rings. The van der Waals surface area contributed by atoms with E-state index in [0.29, 0.717) is 12.8 Å². The molecule has 10 heavy (non-hydrogen) atoms. The molecule has 1 radical (unpaired) electrons. The van der Waals surface area contributed by atoms with Crippen molar-refractivity contribution in [3.05, 3.63) is 6.10 Å². The van der Waals surface area contributed by atoms with Crippen molar-refractivity contribution in [2.24, 2.45) is 0 Å². The molecule has 0 spiro atoms. The van der Waals surface area contributed by atoms with Crippen molar-refractivity contribution < 1.29 is 13.5 Å². The van der Waals surface area contributed by atoms with Crippen LogP contribution in [0.15, 0.2) is 0 Å². The van der Waals surface area contributed by atoms with E-state index in [1.165, 1.54) is 0 Å². The molecular weight excluding hydrogens is 138 g/mol. The lowest BCUT2D eigenvalue weighted by atomic mass is 9.94. The SMILES string of the molecule is CO[C]1CCC(F)(F)CC1. The fourth-order valence-electron chi connectivity index (χ4n) is 1.10. The third kappa shape index (κ3) is 1.90. The number of rotatable bonds is 1. The lowest BCUT2D eigenvalue weighted by Crippen LogP contribution is -2.24. The summed E-state index contributed by atoms with van der Waals surface area (Å²) in [6.07, 6.45) is 1.56. The van der Waals surface area contributed by atoms with E-state index in [9.17, 15) is 8.78 Å². The summed E-state index contributed by atoms with van der Waals surface area (Å²) < 4.78 is 29.8. The fraction of sp³-hybridized carbons (Fsp3) is 0.857. The lowest BCUT2D eigenvalue weighted by Gasteiger charge is -2.26. The summed E-state index contributed by atoms with van der Waals surface area (Å²) in [4.78, 5) is 0. The molecule has 0 aromatic rings. The Morgan fingerprint density at radius 1 is 1.30 bits per heavy atom. The Kier molecular flexibility index (Phi) is 2.24. The highest BCUT2D eigenvalue weighted by Crippen LogP contribution is 2.37. The Labute approximate surface area is 59.4 Å². The Morgan fingerprint density at radius 2 is 1.80 bits per heavy atom. The van der Waals surface area contributed by atoms with Gasteiger partial charge in [-0.1, -0.05) is 0 Å². The van der Waals surface area contributed by atoms with Crippen LogP contribution in [0.5, 0.6) is 0 Å². The molecule has 1 nitrogen and oxygen atoms in total. The smallest absolute Gasteiger partial charge is 0.248 e. The van der Waals surface area contributed by atoms with Crippen LogP contribution in [0, 0.1) is 6.10 Å². The molecule has 0 atom stereocenters. The molecule has 1 aliphatic rings. The molecular formula is C7H11F2O. The summed E-state index contributed by atoms with van der Waals surface area (Å²) >= 11 is 0. The number of halogens is 2. The topological polar surface area (TPSA) is 9.23 Å². The van der Waals surface area contributed by atoms with Crippen LogP contribution in [0.25, 0.3) is 0 Å². The zero-order valence-corrected chi connectivity index (χ0v) is 5.99. The van der Waals surface area contributed by atoms with Gasteiger partial charge in [-0.25, -0.2) is 8.78 Å². The van der Waals surface area contributed by atoms with Gasteiger partial charge in [-0.3, -0.25) is 0 Å². The van der Waals surface area contributed by atoms with Crippen LogP contribution in [0.2, 0.25) is 0 Å². The standard InChI is InChI=1S/C7H11F2O/c1-10-6-2-4-7(8,9)5-3-6/h2-5H2,1H3. The van der Waals surface area contributed by atoms with Crippen molar-refractivity contribution in [1.82, 2.24) is 0 Å². The normalized spacial score (nSPS) is 26.7. The Bertz CT molecular complexity index is 104. The molecule has 0 aromatic heterocycles. The molecule has 0 aromatic carbocycles. The summed E-state index contributed by atoms with van der Waals surface area (Å²) in [5.74, 6) is -2.44. The van der Waals surface area contributed by atoms with Gasteiger partial charge in [0.2, 0.25) is 5.92 Å². The first-order valence-electron chi connectivity index (χ1n) is 3.40. The predicted molar refractivity (Wildman–Crippen MR) is 33.7 cm³/mol. The Morgan fingerprint density at radius 3 is 2.20 bits per heavy atom. The molecule has 0 amide bonds. The average molecular weight is 149 g/mol. The van der Waals surface area contributed by atoms with E-state index >= 15 is 0 Å². The molecule has 0 heterocycles. The van der Waals surface area contributed by atoms with Gasteiger partial charge in [-0.2, -0.15) is 0 Å². The van der Waals surface area contributed by atoms with Crippen molar-refractivity contribution in [3.63, 3.8) is 0 Å². The maximum Gasteiger partial charge on any atom is 0.248 e. The molecule has 0 unspecified atom stereocenters. The van der Waals surface area contributed by atoms with Gasteiger partial charge < -0.3 is 4.74 Å². The van der Waals surface area contributed by atoms with Crippen molar-refractivity contribution in [2.45, 2.75) is 31.6 Å². The van der Waals surface area contributed by atoms with Crippen LogP contribution in [0.4, 0.5) is 8.78 Å². The molecule has 0 saturated heterocycles. The van der Waals surface area contributed by atoms with Crippen LogP contribution >= 0.6 is 0 Å². The minimum atomic E-state index is -2.44. The lowest BCUT2D eigenvalue weighted by molar-refractivity contribution is -0.0466. The van der Waals surface area contributed by atoms with Gasteiger partial charge in [-0.05, 0) is 12.8 Å². The van der Waals surface area contributed by atoms with Crippen molar-refractivity contribution in [2.75, 3.05) is 7.11 Å². The number of alkyl halides is 2. The van der Waals surface area contributed by atoms with E-state index in [1.807, 2.05) is 0 Å². The highest BCUT2D eigenvalue weighted by atomic mass is 19.3. The summed E-state index contributed by atoms with van der Waals surface area (Å²) in [5, 5.41) is 0. The van der Waals surface area contributed by atoms with E-state index in [2.05, 4.69) is 0 Å². The van der Waals surface area contributed by atoms with Crippen LogP contribution in [0.1, 0.15) is 25.7 Å². The second-order valence-electron chi connectivity index (χ2n) is 2.60. The zero-order valence-electron chi connectivity index (χ0n) is 5.99. The van der Waals surface area contributed by atoms with Crippen molar-refractivity contribution in [1.29, 1.82) is 0 Å². The van der Waals surface area contributed by atoms with Gasteiger partial charge in [0.15, 0.2) is 0 Å². The Balaban J connectivity index is 2.31. The number of ether oxygens (including phenoxy) is 1. The maximum absolute atomic E-state index is 12.4. The molecule has 1 rings (SSSR count). The molecule has 1 aliphatic carbocycles. The van der Waals surface area contributed by atoms with Gasteiger partial charge >= 0.3 is 0 Å². The molecule has 59 valence electrons. The van der Waals surface area contributed by atoms with E-state index in [-0.39, 0.29) is 12.8 Å². The predicted octanol–water partition coefficient (Wildman–Crippen LogP) is 2.37. The van der Waals surface area contributed by atoms with E-state index in [0.717, 1.165) is 6.10 Å². The monoisotopic (exact) mass is 149 g/mol. The fourth-order valence-corrected chi connectivity index (χ4v) is 1.10. The molecule has 0 bridgehead atoms. The van der Waals surface area contributed by atoms with Gasteiger partial charge in [0, 0.05) is 20.0 Å². The van der Waals surface area contributed by atoms with Gasteiger partial charge in [0.25, 0.3) is 0 Å². The van der Waals surface area contributed by atoms with E-state index < -0.39 is 5.92 Å². The minimum Gasteiger partial charge on any atom is -0.375 e. The second-order valence-corrected chi connectivity index (χ2v) is 2.60. The Hall–Kier alpha value is -0.180.